The van der Waals surface area contributed by atoms with Crippen LogP contribution in [0.2, 0.25) is 0 Å². The molecule has 0 N–H and O–H groups in total. The molecular weight excluding hydrogens is 259 g/mol. The number of aromatic nitrogens is 2. The van der Waals surface area contributed by atoms with Crippen molar-refractivity contribution < 1.29 is 4.39 Å². The molecule has 0 radical (unpaired) electrons. The van der Waals surface area contributed by atoms with E-state index in [1.807, 2.05) is 6.92 Å². The second-order valence-electron chi connectivity index (χ2n) is 3.17. The molecule has 0 saturated heterocycles. The fourth-order valence-electron chi connectivity index (χ4n) is 1.40. The number of benzene rings is 1. The van der Waals surface area contributed by atoms with Crippen molar-refractivity contribution >= 4 is 15.9 Å². The van der Waals surface area contributed by atoms with Crippen molar-refractivity contribution in [2.45, 2.75) is 6.92 Å². The average Bonchev–Trinajstić information content (AvgIpc) is 2.17. The van der Waals surface area contributed by atoms with Gasteiger partial charge in [-0.1, -0.05) is 0 Å². The van der Waals surface area contributed by atoms with E-state index in [1.165, 1.54) is 12.1 Å². The molecule has 76 valence electrons. The predicted octanol–water partition coefficient (Wildman–Crippen LogP) is 3.35. The van der Waals surface area contributed by atoms with E-state index in [0.717, 1.165) is 16.8 Å². The van der Waals surface area contributed by atoms with Crippen LogP contribution in [0, 0.1) is 12.7 Å². The molecule has 0 aliphatic carbocycles. The molecule has 1 aromatic heterocycles. The Balaban J connectivity index is 2.54. The Morgan fingerprint density at radius 1 is 1.27 bits per heavy atom. The summed E-state index contributed by atoms with van der Waals surface area (Å²) in [7, 11) is 0. The van der Waals surface area contributed by atoms with Gasteiger partial charge in [0.2, 0.25) is 0 Å². The molecule has 0 amide bonds. The van der Waals surface area contributed by atoms with Crippen molar-refractivity contribution in [2.75, 3.05) is 0 Å². The molecule has 0 bridgehead atoms. The van der Waals surface area contributed by atoms with E-state index in [4.69, 9.17) is 0 Å². The quantitative estimate of drug-likeness (QED) is 0.740. The molecule has 0 saturated carbocycles. The van der Waals surface area contributed by atoms with Gasteiger partial charge in [0.1, 0.15) is 5.82 Å². The molecule has 2 aromatic rings. The number of hydrogen-bond acceptors (Lipinski definition) is 2. The molecule has 4 heteroatoms. The third-order valence-electron chi connectivity index (χ3n) is 2.09. The van der Waals surface area contributed by atoms with E-state index < -0.39 is 0 Å². The Bertz CT molecular complexity index is 500. The lowest BCUT2D eigenvalue weighted by Gasteiger charge is -2.04. The van der Waals surface area contributed by atoms with Crippen molar-refractivity contribution in [2.24, 2.45) is 0 Å². The van der Waals surface area contributed by atoms with Gasteiger partial charge in [-0.15, -0.1) is 0 Å². The van der Waals surface area contributed by atoms with Crippen molar-refractivity contribution in [3.8, 4) is 11.3 Å². The smallest absolute Gasteiger partial charge is 0.197 e. The maximum absolute atomic E-state index is 12.9. The first-order chi connectivity index (χ1) is 7.16. The number of hydrogen-bond donors (Lipinski definition) is 0. The van der Waals surface area contributed by atoms with E-state index in [0.29, 0.717) is 4.73 Å². The topological polar surface area (TPSA) is 25.8 Å². The Labute approximate surface area is 95.3 Å². The summed E-state index contributed by atoms with van der Waals surface area (Å²) in [6, 6.07) is 6.44. The molecule has 1 aromatic carbocycles. The molecule has 0 fully saturated rings. The lowest BCUT2D eigenvalue weighted by molar-refractivity contribution is 0.627. The van der Waals surface area contributed by atoms with Crippen LogP contribution in [0.25, 0.3) is 11.3 Å². The highest BCUT2D eigenvalue weighted by atomic mass is 79.9. The Morgan fingerprint density at radius 3 is 2.73 bits per heavy atom. The predicted molar refractivity (Wildman–Crippen MR) is 59.9 cm³/mol. The van der Waals surface area contributed by atoms with Gasteiger partial charge in [0, 0.05) is 11.8 Å². The average molecular weight is 267 g/mol. The zero-order valence-electron chi connectivity index (χ0n) is 8.04. The van der Waals surface area contributed by atoms with Gasteiger partial charge >= 0.3 is 0 Å². The first-order valence-electron chi connectivity index (χ1n) is 4.42. The molecule has 0 atom stereocenters. The summed E-state index contributed by atoms with van der Waals surface area (Å²) in [5, 5.41) is 0. The molecule has 0 aliphatic heterocycles. The van der Waals surface area contributed by atoms with E-state index in [-0.39, 0.29) is 5.82 Å². The van der Waals surface area contributed by atoms with Crippen LogP contribution in [0.5, 0.6) is 0 Å². The van der Waals surface area contributed by atoms with Crippen LogP contribution in [0.3, 0.4) is 0 Å². The largest absolute Gasteiger partial charge is 0.231 e. The first kappa shape index (κ1) is 10.2. The molecular formula is C11H8BrFN2. The van der Waals surface area contributed by atoms with Gasteiger partial charge in [-0.3, -0.25) is 0 Å². The molecule has 15 heavy (non-hydrogen) atoms. The summed E-state index contributed by atoms with van der Waals surface area (Å²) < 4.78 is 13.4. The maximum atomic E-state index is 12.9. The van der Waals surface area contributed by atoms with Gasteiger partial charge < -0.3 is 0 Å². The summed E-state index contributed by atoms with van der Waals surface area (Å²) in [4.78, 5) is 8.16. The van der Waals surface area contributed by atoms with Crippen LogP contribution in [0.4, 0.5) is 4.39 Å². The van der Waals surface area contributed by atoms with Crippen LogP contribution in [0.15, 0.2) is 35.2 Å². The molecule has 2 rings (SSSR count). The Hall–Kier alpha value is -1.29. The summed E-state index contributed by atoms with van der Waals surface area (Å²) in [6.07, 6.45) is 1.66. The minimum Gasteiger partial charge on any atom is -0.231 e. The third kappa shape index (κ3) is 2.21. The van der Waals surface area contributed by atoms with E-state index in [1.54, 1.807) is 18.3 Å². The molecule has 0 spiro atoms. The summed E-state index contributed by atoms with van der Waals surface area (Å²) in [5.41, 5.74) is 2.56. The van der Waals surface area contributed by atoms with Crippen molar-refractivity contribution in [1.82, 2.24) is 9.97 Å². The summed E-state index contributed by atoms with van der Waals surface area (Å²) in [5.74, 6) is -0.232. The summed E-state index contributed by atoms with van der Waals surface area (Å²) >= 11 is 3.20. The van der Waals surface area contributed by atoms with E-state index in [2.05, 4.69) is 25.9 Å². The van der Waals surface area contributed by atoms with Crippen LogP contribution in [0.1, 0.15) is 5.56 Å². The second kappa shape index (κ2) is 4.06. The van der Waals surface area contributed by atoms with Gasteiger partial charge in [0.15, 0.2) is 4.73 Å². The van der Waals surface area contributed by atoms with E-state index in [9.17, 15) is 4.39 Å². The Kier molecular flexibility index (Phi) is 2.77. The SMILES string of the molecule is Cc1cc(F)ccc1-c1ccnc(Br)n1. The minimum absolute atomic E-state index is 0.232. The van der Waals surface area contributed by atoms with Crippen LogP contribution in [-0.4, -0.2) is 9.97 Å². The van der Waals surface area contributed by atoms with E-state index >= 15 is 0 Å². The monoisotopic (exact) mass is 266 g/mol. The molecule has 2 nitrogen and oxygen atoms in total. The fraction of sp³-hybridized carbons (Fsp3) is 0.0909. The van der Waals surface area contributed by atoms with Gasteiger partial charge in [0.25, 0.3) is 0 Å². The molecule has 0 unspecified atom stereocenters. The van der Waals surface area contributed by atoms with Crippen molar-refractivity contribution in [3.05, 3.63) is 46.6 Å². The number of aryl methyl sites for hydroxylation is 1. The van der Waals surface area contributed by atoms with Gasteiger partial charge in [-0.2, -0.15) is 0 Å². The second-order valence-corrected chi connectivity index (χ2v) is 3.88. The normalized spacial score (nSPS) is 10.3. The van der Waals surface area contributed by atoms with Crippen LogP contribution >= 0.6 is 15.9 Å². The lowest BCUT2D eigenvalue weighted by Crippen LogP contribution is -1.90. The number of rotatable bonds is 1. The van der Waals surface area contributed by atoms with Crippen molar-refractivity contribution in [3.63, 3.8) is 0 Å². The van der Waals surface area contributed by atoms with Gasteiger partial charge in [0.05, 0.1) is 5.69 Å². The summed E-state index contributed by atoms with van der Waals surface area (Å²) in [6.45, 7) is 1.86. The number of nitrogens with zero attached hydrogens (tertiary/aromatic N) is 2. The molecule has 1 heterocycles. The first-order valence-corrected chi connectivity index (χ1v) is 5.21. The lowest BCUT2D eigenvalue weighted by atomic mass is 10.1. The standard InChI is InChI=1S/C11H8BrFN2/c1-7-6-8(13)2-3-9(7)10-4-5-14-11(12)15-10/h2-6H,1H3. The molecule has 0 aliphatic rings. The minimum atomic E-state index is -0.232. The highest BCUT2D eigenvalue weighted by Crippen LogP contribution is 2.22. The maximum Gasteiger partial charge on any atom is 0.197 e. The zero-order valence-corrected chi connectivity index (χ0v) is 9.62. The van der Waals surface area contributed by atoms with Gasteiger partial charge in [-0.25, -0.2) is 14.4 Å². The Morgan fingerprint density at radius 2 is 2.07 bits per heavy atom. The number of halogens is 2. The fourth-order valence-corrected chi connectivity index (χ4v) is 1.71. The van der Waals surface area contributed by atoms with Crippen LogP contribution < -0.4 is 0 Å². The highest BCUT2D eigenvalue weighted by molar-refractivity contribution is 9.10. The third-order valence-corrected chi connectivity index (χ3v) is 2.47. The van der Waals surface area contributed by atoms with Crippen LogP contribution in [-0.2, 0) is 0 Å². The zero-order chi connectivity index (χ0) is 10.8. The van der Waals surface area contributed by atoms with Gasteiger partial charge in [-0.05, 0) is 52.7 Å². The van der Waals surface area contributed by atoms with Crippen molar-refractivity contribution in [1.29, 1.82) is 0 Å². The highest BCUT2D eigenvalue weighted by Gasteiger charge is 2.04.